The van der Waals surface area contributed by atoms with Crippen LogP contribution in [0.25, 0.3) is 0 Å². The number of amides is 2. The highest BCUT2D eigenvalue weighted by Gasteiger charge is 2.30. The number of likely N-dealkylation sites (tertiary alicyclic amines) is 1. The van der Waals surface area contributed by atoms with Crippen molar-refractivity contribution < 1.29 is 14.3 Å². The molecule has 6 heteroatoms. The van der Waals surface area contributed by atoms with Crippen LogP contribution in [0.5, 0.6) is 0 Å². The number of carbonyl (C=O) groups excluding carboxylic acids is 2. The molecule has 1 aromatic carbocycles. The molecular weight excluding hydrogens is 342 g/mol. The molecule has 3 aliphatic heterocycles. The summed E-state index contributed by atoms with van der Waals surface area (Å²) in [6.07, 6.45) is 2.65. The Hall–Kier alpha value is -1.92. The van der Waals surface area contributed by atoms with E-state index < -0.39 is 0 Å². The first-order valence-corrected chi connectivity index (χ1v) is 10.1. The maximum absolute atomic E-state index is 12.7. The fourth-order valence-electron chi connectivity index (χ4n) is 4.38. The van der Waals surface area contributed by atoms with Gasteiger partial charge in [-0.2, -0.15) is 0 Å². The Balaban J connectivity index is 1.24. The van der Waals surface area contributed by atoms with Gasteiger partial charge in [-0.25, -0.2) is 0 Å². The Bertz CT molecular complexity index is 679. The maximum atomic E-state index is 12.7. The third kappa shape index (κ3) is 4.33. The van der Waals surface area contributed by atoms with Crippen LogP contribution in [-0.4, -0.2) is 79.0 Å². The lowest BCUT2D eigenvalue weighted by atomic mass is 9.95. The van der Waals surface area contributed by atoms with Crippen molar-refractivity contribution in [3.05, 3.63) is 35.4 Å². The molecule has 27 heavy (non-hydrogen) atoms. The minimum absolute atomic E-state index is 0.108. The van der Waals surface area contributed by atoms with Crippen LogP contribution < -0.4 is 0 Å². The fourth-order valence-corrected chi connectivity index (χ4v) is 4.38. The normalized spacial score (nSPS) is 21.8. The summed E-state index contributed by atoms with van der Waals surface area (Å²) in [5, 5.41) is 0. The van der Waals surface area contributed by atoms with Gasteiger partial charge in [-0.3, -0.25) is 14.5 Å². The highest BCUT2D eigenvalue weighted by atomic mass is 16.5. The Morgan fingerprint density at radius 1 is 0.926 bits per heavy atom. The van der Waals surface area contributed by atoms with Crippen molar-refractivity contribution in [1.29, 1.82) is 0 Å². The van der Waals surface area contributed by atoms with Gasteiger partial charge >= 0.3 is 0 Å². The summed E-state index contributed by atoms with van der Waals surface area (Å²) in [6.45, 7) is 6.40. The summed E-state index contributed by atoms with van der Waals surface area (Å²) in [6, 6.07) is 8.40. The fraction of sp³-hybridized carbons (Fsp3) is 0.619. The molecular formula is C21H29N3O3. The lowest BCUT2D eigenvalue weighted by Gasteiger charge is -2.36. The molecule has 0 aromatic heterocycles. The zero-order chi connectivity index (χ0) is 18.6. The molecule has 146 valence electrons. The number of carbonyl (C=O) groups is 2. The first-order chi connectivity index (χ1) is 13.2. The lowest BCUT2D eigenvalue weighted by molar-refractivity contribution is -0.141. The van der Waals surface area contributed by atoms with Gasteiger partial charge in [0.1, 0.15) is 0 Å². The third-order valence-electron chi connectivity index (χ3n) is 6.10. The summed E-state index contributed by atoms with van der Waals surface area (Å²) in [4.78, 5) is 31.5. The molecule has 0 atom stereocenters. The van der Waals surface area contributed by atoms with Crippen LogP contribution >= 0.6 is 0 Å². The molecule has 0 N–H and O–H groups in total. The summed E-state index contributed by atoms with van der Waals surface area (Å²) < 4.78 is 5.33. The van der Waals surface area contributed by atoms with Crippen LogP contribution in [-0.2, 0) is 27.3 Å². The standard InChI is InChI=1S/C21H29N3O3/c25-20(24-10-7-17-3-1-2-4-19(17)15-24)16-22-8-5-18(6-9-22)21(26)23-11-13-27-14-12-23/h1-4,18H,5-16H2. The van der Waals surface area contributed by atoms with E-state index in [0.717, 1.165) is 45.4 Å². The molecule has 3 heterocycles. The van der Waals surface area contributed by atoms with E-state index in [2.05, 4.69) is 23.1 Å². The van der Waals surface area contributed by atoms with Crippen LogP contribution in [0, 0.1) is 5.92 Å². The van der Waals surface area contributed by atoms with Crippen molar-refractivity contribution in [2.45, 2.75) is 25.8 Å². The molecule has 0 radical (unpaired) electrons. The van der Waals surface area contributed by atoms with E-state index in [-0.39, 0.29) is 17.7 Å². The van der Waals surface area contributed by atoms with Crippen LogP contribution in [0.2, 0.25) is 0 Å². The van der Waals surface area contributed by atoms with Gasteiger partial charge in [0.25, 0.3) is 0 Å². The summed E-state index contributed by atoms with van der Waals surface area (Å²) in [7, 11) is 0. The van der Waals surface area contributed by atoms with Crippen molar-refractivity contribution in [3.8, 4) is 0 Å². The highest BCUT2D eigenvalue weighted by Crippen LogP contribution is 2.22. The maximum Gasteiger partial charge on any atom is 0.237 e. The molecule has 3 aliphatic rings. The van der Waals surface area contributed by atoms with Crippen molar-refractivity contribution in [2.75, 3.05) is 52.5 Å². The number of hydrogen-bond donors (Lipinski definition) is 0. The number of hydrogen-bond acceptors (Lipinski definition) is 4. The monoisotopic (exact) mass is 371 g/mol. The predicted molar refractivity (Wildman–Crippen MR) is 102 cm³/mol. The molecule has 0 bridgehead atoms. The number of rotatable bonds is 3. The Morgan fingerprint density at radius 3 is 2.37 bits per heavy atom. The first kappa shape index (κ1) is 18.4. The quantitative estimate of drug-likeness (QED) is 0.800. The molecule has 6 nitrogen and oxygen atoms in total. The largest absolute Gasteiger partial charge is 0.378 e. The molecule has 4 rings (SSSR count). The summed E-state index contributed by atoms with van der Waals surface area (Å²) in [5.74, 6) is 0.593. The van der Waals surface area contributed by atoms with Gasteiger partial charge in [-0.15, -0.1) is 0 Å². The van der Waals surface area contributed by atoms with E-state index in [9.17, 15) is 9.59 Å². The van der Waals surface area contributed by atoms with E-state index in [4.69, 9.17) is 4.74 Å². The Labute approximate surface area is 161 Å². The molecule has 1 aromatic rings. The average Bonchev–Trinajstić information content (AvgIpc) is 2.74. The van der Waals surface area contributed by atoms with E-state index in [1.807, 2.05) is 15.9 Å². The van der Waals surface area contributed by atoms with Crippen LogP contribution in [0.15, 0.2) is 24.3 Å². The summed E-state index contributed by atoms with van der Waals surface area (Å²) in [5.41, 5.74) is 2.64. The topological polar surface area (TPSA) is 53.1 Å². The van der Waals surface area contributed by atoms with Gasteiger partial charge in [0.2, 0.25) is 11.8 Å². The average molecular weight is 371 g/mol. The van der Waals surface area contributed by atoms with E-state index in [0.29, 0.717) is 32.8 Å². The minimum Gasteiger partial charge on any atom is -0.378 e. The number of ether oxygens (including phenoxy) is 1. The Morgan fingerprint density at radius 2 is 1.63 bits per heavy atom. The number of benzene rings is 1. The van der Waals surface area contributed by atoms with Crippen molar-refractivity contribution >= 4 is 11.8 Å². The van der Waals surface area contributed by atoms with E-state index >= 15 is 0 Å². The highest BCUT2D eigenvalue weighted by molar-refractivity contribution is 5.80. The molecule has 0 unspecified atom stereocenters. The van der Waals surface area contributed by atoms with Gasteiger partial charge in [-0.1, -0.05) is 24.3 Å². The molecule has 2 amide bonds. The van der Waals surface area contributed by atoms with Gasteiger partial charge < -0.3 is 14.5 Å². The zero-order valence-corrected chi connectivity index (χ0v) is 15.9. The minimum atomic E-state index is 0.108. The summed E-state index contributed by atoms with van der Waals surface area (Å²) >= 11 is 0. The number of piperidine rings is 1. The van der Waals surface area contributed by atoms with Gasteiger partial charge in [-0.05, 0) is 43.5 Å². The van der Waals surface area contributed by atoms with Gasteiger partial charge in [0.15, 0.2) is 0 Å². The number of fused-ring (bicyclic) bond motifs is 1. The molecule has 0 aliphatic carbocycles. The predicted octanol–water partition coefficient (Wildman–Crippen LogP) is 1.14. The van der Waals surface area contributed by atoms with Crippen LogP contribution in [0.4, 0.5) is 0 Å². The molecule has 2 saturated heterocycles. The smallest absolute Gasteiger partial charge is 0.237 e. The second-order valence-electron chi connectivity index (χ2n) is 7.82. The van der Waals surface area contributed by atoms with Gasteiger partial charge in [0.05, 0.1) is 19.8 Å². The second-order valence-corrected chi connectivity index (χ2v) is 7.82. The molecule has 2 fully saturated rings. The van der Waals surface area contributed by atoms with Gasteiger partial charge in [0, 0.05) is 32.1 Å². The van der Waals surface area contributed by atoms with E-state index in [1.165, 1.54) is 11.1 Å². The van der Waals surface area contributed by atoms with Crippen LogP contribution in [0.3, 0.4) is 0 Å². The van der Waals surface area contributed by atoms with E-state index in [1.54, 1.807) is 0 Å². The zero-order valence-electron chi connectivity index (χ0n) is 15.9. The molecule has 0 saturated carbocycles. The van der Waals surface area contributed by atoms with Crippen molar-refractivity contribution in [3.63, 3.8) is 0 Å². The molecule has 0 spiro atoms. The lowest BCUT2D eigenvalue weighted by Crippen LogP contribution is -2.48. The van der Waals surface area contributed by atoms with Crippen molar-refractivity contribution in [2.24, 2.45) is 5.92 Å². The Kier molecular flexibility index (Phi) is 5.74. The SMILES string of the molecule is O=C(CN1CCC(C(=O)N2CCOCC2)CC1)N1CCc2ccccc2C1. The van der Waals surface area contributed by atoms with Crippen LogP contribution in [0.1, 0.15) is 24.0 Å². The number of nitrogens with zero attached hydrogens (tertiary/aromatic N) is 3. The second kappa shape index (κ2) is 8.40. The first-order valence-electron chi connectivity index (χ1n) is 10.1. The van der Waals surface area contributed by atoms with Crippen molar-refractivity contribution in [1.82, 2.24) is 14.7 Å². The third-order valence-corrected chi connectivity index (χ3v) is 6.10. The number of morpholine rings is 1.